The predicted octanol–water partition coefficient (Wildman–Crippen LogP) is 0.750. The first-order valence-electron chi connectivity index (χ1n) is 6.90. The summed E-state index contributed by atoms with van der Waals surface area (Å²) in [5.41, 5.74) is 3.56. The zero-order chi connectivity index (χ0) is 15.6. The molecule has 1 unspecified atom stereocenters. The van der Waals surface area contributed by atoms with Crippen LogP contribution in [0.3, 0.4) is 0 Å². The van der Waals surface area contributed by atoms with Gasteiger partial charge < -0.3 is 20.3 Å². The molecule has 0 aromatic heterocycles. The van der Waals surface area contributed by atoms with E-state index in [-0.39, 0.29) is 5.92 Å². The zero-order valence-electron chi connectivity index (χ0n) is 12.6. The molecule has 3 N–H and O–H groups in total. The molecule has 0 bridgehead atoms. The maximum atomic E-state index is 12.4. The molecular weight excluding hydrogens is 262 g/mol. The maximum Gasteiger partial charge on any atom is 0.338 e. The third-order valence-corrected chi connectivity index (χ3v) is 3.60. The van der Waals surface area contributed by atoms with Crippen molar-refractivity contribution in [3.05, 3.63) is 0 Å². The van der Waals surface area contributed by atoms with E-state index in [4.69, 9.17) is 15.2 Å². The summed E-state index contributed by atoms with van der Waals surface area (Å²) in [5.74, 6) is -1.93. The number of hydrogen-bond acceptors (Lipinski definition) is 6. The maximum absolute atomic E-state index is 12.4. The molecule has 116 valence electrons. The highest BCUT2D eigenvalue weighted by Gasteiger charge is 2.53. The van der Waals surface area contributed by atoms with Crippen LogP contribution >= 0.6 is 0 Å². The van der Waals surface area contributed by atoms with Gasteiger partial charge in [0.2, 0.25) is 5.54 Å². The first-order valence-corrected chi connectivity index (χ1v) is 6.90. The Kier molecular flexibility index (Phi) is 5.15. The number of aliphatic hydroxyl groups is 1. The number of rotatable bonds is 3. The van der Waals surface area contributed by atoms with Gasteiger partial charge in [-0.15, -0.1) is 0 Å². The van der Waals surface area contributed by atoms with Crippen LogP contribution in [-0.4, -0.2) is 41.4 Å². The molecule has 1 aliphatic carbocycles. The van der Waals surface area contributed by atoms with E-state index in [1.807, 2.05) is 0 Å². The normalized spacial score (nSPS) is 26.5. The molecule has 6 nitrogen and oxygen atoms in total. The van der Waals surface area contributed by atoms with Crippen molar-refractivity contribution in [3.8, 4) is 0 Å². The molecular formula is C14H25NO5. The molecule has 0 heterocycles. The number of esters is 2. The summed E-state index contributed by atoms with van der Waals surface area (Å²) < 4.78 is 9.98. The van der Waals surface area contributed by atoms with Gasteiger partial charge in [0.15, 0.2) is 0 Å². The van der Waals surface area contributed by atoms with E-state index >= 15 is 0 Å². The van der Waals surface area contributed by atoms with Crippen molar-refractivity contribution >= 4 is 11.9 Å². The summed E-state index contributed by atoms with van der Waals surface area (Å²) in [7, 11) is 1.20. The van der Waals surface area contributed by atoms with E-state index in [1.54, 1.807) is 20.8 Å². The quantitative estimate of drug-likeness (QED) is 0.587. The molecule has 1 rings (SSSR count). The van der Waals surface area contributed by atoms with E-state index in [0.717, 1.165) is 0 Å². The molecule has 20 heavy (non-hydrogen) atoms. The van der Waals surface area contributed by atoms with Crippen molar-refractivity contribution in [1.29, 1.82) is 0 Å². The molecule has 1 aliphatic rings. The average molecular weight is 287 g/mol. The molecule has 0 radical (unpaired) electrons. The Morgan fingerprint density at radius 3 is 2.00 bits per heavy atom. The summed E-state index contributed by atoms with van der Waals surface area (Å²) in [6.45, 7) is 5.15. The Labute approximate surface area is 119 Å². The van der Waals surface area contributed by atoms with Crippen molar-refractivity contribution < 1.29 is 24.2 Å². The number of carbonyl (C=O) groups is 2. The predicted molar refractivity (Wildman–Crippen MR) is 72.7 cm³/mol. The van der Waals surface area contributed by atoms with Crippen LogP contribution in [0.15, 0.2) is 0 Å². The van der Waals surface area contributed by atoms with E-state index in [1.165, 1.54) is 7.11 Å². The monoisotopic (exact) mass is 287 g/mol. The molecule has 6 heteroatoms. The number of hydrogen-bond donors (Lipinski definition) is 2. The minimum atomic E-state index is -1.80. The topological polar surface area (TPSA) is 98.9 Å². The second-order valence-corrected chi connectivity index (χ2v) is 6.37. The van der Waals surface area contributed by atoms with Gasteiger partial charge in [0.1, 0.15) is 5.60 Å². The smallest absolute Gasteiger partial charge is 0.338 e. The van der Waals surface area contributed by atoms with Crippen LogP contribution in [0.5, 0.6) is 0 Å². The first-order chi connectivity index (χ1) is 9.11. The Morgan fingerprint density at radius 1 is 1.10 bits per heavy atom. The van der Waals surface area contributed by atoms with Crippen LogP contribution in [0.1, 0.15) is 46.5 Å². The van der Waals surface area contributed by atoms with Gasteiger partial charge in [-0.3, -0.25) is 0 Å². The molecule has 0 spiro atoms. The lowest BCUT2D eigenvalue weighted by atomic mass is 9.74. The fraction of sp³-hybridized carbons (Fsp3) is 0.857. The number of aliphatic hydroxyl groups excluding tert-OH is 1. The van der Waals surface area contributed by atoms with E-state index < -0.39 is 29.2 Å². The van der Waals surface area contributed by atoms with Crippen LogP contribution in [-0.2, 0) is 19.1 Å². The number of carbonyl (C=O) groups excluding carboxylic acids is 2. The minimum Gasteiger partial charge on any atom is -0.467 e. The van der Waals surface area contributed by atoms with Crippen molar-refractivity contribution in [2.45, 2.75) is 63.7 Å². The highest BCUT2D eigenvalue weighted by molar-refractivity contribution is 6.05. The molecule has 1 saturated carbocycles. The lowest BCUT2D eigenvalue weighted by Crippen LogP contribution is -2.63. The van der Waals surface area contributed by atoms with Crippen LogP contribution in [0.4, 0.5) is 0 Å². The Bertz CT molecular complexity index is 368. The van der Waals surface area contributed by atoms with Crippen molar-refractivity contribution in [1.82, 2.24) is 0 Å². The second-order valence-electron chi connectivity index (χ2n) is 6.37. The SMILES string of the molecule is COC(=O)C(N)(C(=O)OC(C)(C)C)[C@H]1CC[C@@H](O)CC1. The van der Waals surface area contributed by atoms with Gasteiger partial charge in [0.25, 0.3) is 0 Å². The molecule has 0 aromatic rings. The van der Waals surface area contributed by atoms with Gasteiger partial charge in [-0.25, -0.2) is 9.59 Å². The van der Waals surface area contributed by atoms with Crippen molar-refractivity contribution in [3.63, 3.8) is 0 Å². The molecule has 0 aliphatic heterocycles. The summed E-state index contributed by atoms with van der Waals surface area (Å²) in [4.78, 5) is 24.4. The zero-order valence-corrected chi connectivity index (χ0v) is 12.6. The molecule has 0 aromatic carbocycles. The van der Waals surface area contributed by atoms with Gasteiger partial charge in [-0.05, 0) is 52.4 Å². The Morgan fingerprint density at radius 2 is 1.60 bits per heavy atom. The van der Waals surface area contributed by atoms with Gasteiger partial charge in [0, 0.05) is 0 Å². The van der Waals surface area contributed by atoms with Crippen LogP contribution in [0, 0.1) is 5.92 Å². The standard InChI is InChI=1S/C14H25NO5/c1-13(2,3)20-12(18)14(15,11(17)19-4)9-5-7-10(16)8-6-9/h9-10,16H,5-8,15H2,1-4H3/t9-,10+,14?. The highest BCUT2D eigenvalue weighted by Crippen LogP contribution is 2.34. The fourth-order valence-electron chi connectivity index (χ4n) is 2.48. The Balaban J connectivity index is 2.97. The largest absolute Gasteiger partial charge is 0.467 e. The average Bonchev–Trinajstić information content (AvgIpc) is 2.35. The molecule has 0 amide bonds. The number of nitrogens with two attached hydrogens (primary N) is 1. The number of ether oxygens (including phenoxy) is 2. The summed E-state index contributed by atoms with van der Waals surface area (Å²) in [6.07, 6.45) is 1.62. The molecule has 1 fully saturated rings. The molecule has 0 saturated heterocycles. The van der Waals surface area contributed by atoms with Crippen molar-refractivity contribution in [2.24, 2.45) is 11.7 Å². The summed E-state index contributed by atoms with van der Waals surface area (Å²) >= 11 is 0. The van der Waals surface area contributed by atoms with Crippen molar-refractivity contribution in [2.75, 3.05) is 7.11 Å². The highest BCUT2D eigenvalue weighted by atomic mass is 16.6. The summed E-state index contributed by atoms with van der Waals surface area (Å²) in [6, 6.07) is 0. The minimum absolute atomic E-state index is 0.381. The Hall–Kier alpha value is -1.14. The van der Waals surface area contributed by atoms with Crippen LogP contribution < -0.4 is 5.73 Å². The van der Waals surface area contributed by atoms with Gasteiger partial charge >= 0.3 is 11.9 Å². The lowest BCUT2D eigenvalue weighted by Gasteiger charge is -2.37. The number of methoxy groups -OCH3 is 1. The summed E-state index contributed by atoms with van der Waals surface area (Å²) in [5, 5.41) is 9.54. The lowest BCUT2D eigenvalue weighted by molar-refractivity contribution is -0.174. The van der Waals surface area contributed by atoms with Crippen LogP contribution in [0.25, 0.3) is 0 Å². The van der Waals surface area contributed by atoms with E-state index in [2.05, 4.69) is 0 Å². The van der Waals surface area contributed by atoms with Crippen LogP contribution in [0.2, 0.25) is 0 Å². The third-order valence-electron chi connectivity index (χ3n) is 3.60. The van der Waals surface area contributed by atoms with Gasteiger partial charge in [-0.1, -0.05) is 0 Å². The van der Waals surface area contributed by atoms with E-state index in [9.17, 15) is 14.7 Å². The first kappa shape index (κ1) is 16.9. The third kappa shape index (κ3) is 3.70. The van der Waals surface area contributed by atoms with Gasteiger partial charge in [0.05, 0.1) is 13.2 Å². The molecule has 1 atom stereocenters. The van der Waals surface area contributed by atoms with E-state index in [0.29, 0.717) is 25.7 Å². The fourth-order valence-corrected chi connectivity index (χ4v) is 2.48. The van der Waals surface area contributed by atoms with Gasteiger partial charge in [-0.2, -0.15) is 0 Å². The second kappa shape index (κ2) is 6.10.